The SMILES string of the molecule is CC12CC=C(NC(=O)Nc3ccc(F)cc3)C=C1COC1(CCN(C3CCC3)CC1)O2. The molecule has 2 N–H and O–H groups in total. The number of nitrogens with one attached hydrogen (secondary N) is 2. The normalized spacial score (nSPS) is 28.2. The summed E-state index contributed by atoms with van der Waals surface area (Å²) in [6.45, 7) is 4.70. The van der Waals surface area contributed by atoms with E-state index in [1.165, 1.54) is 43.5 Å². The van der Waals surface area contributed by atoms with Crippen molar-refractivity contribution in [1.82, 2.24) is 10.2 Å². The van der Waals surface area contributed by atoms with Gasteiger partial charge in [-0.2, -0.15) is 0 Å². The highest BCUT2D eigenvalue weighted by atomic mass is 19.1. The van der Waals surface area contributed by atoms with Crippen LogP contribution in [0.3, 0.4) is 0 Å². The topological polar surface area (TPSA) is 62.8 Å². The number of carbonyl (C=O) groups is 1. The fourth-order valence-corrected chi connectivity index (χ4v) is 4.93. The smallest absolute Gasteiger partial charge is 0.323 e. The summed E-state index contributed by atoms with van der Waals surface area (Å²) in [7, 11) is 0. The van der Waals surface area contributed by atoms with Gasteiger partial charge in [0.15, 0.2) is 5.79 Å². The molecule has 2 aliphatic heterocycles. The molecule has 3 fully saturated rings. The number of likely N-dealkylation sites (tertiary alicyclic amines) is 1. The first kappa shape index (κ1) is 20.7. The Bertz CT molecular complexity index is 901. The molecule has 1 unspecified atom stereocenters. The average Bonchev–Trinajstić information content (AvgIpc) is 2.70. The molecule has 1 aromatic carbocycles. The van der Waals surface area contributed by atoms with Gasteiger partial charge in [0.1, 0.15) is 5.82 Å². The first-order chi connectivity index (χ1) is 14.9. The number of carbonyl (C=O) groups excluding carboxylic acids is 1. The number of anilines is 1. The predicted molar refractivity (Wildman–Crippen MR) is 116 cm³/mol. The molecule has 1 spiro atoms. The standard InChI is InChI=1S/C24H30FN3O3/c1-23-10-9-20(27-22(29)26-19-7-5-18(25)6-8-19)15-17(23)16-30-24(31-23)11-13-28(14-12-24)21-3-2-4-21/h5-9,15,21H,2-4,10-14,16H2,1H3,(H2,26,27,29). The van der Waals surface area contributed by atoms with Gasteiger partial charge in [0, 0.05) is 49.8 Å². The lowest BCUT2D eigenvalue weighted by molar-refractivity contribution is -0.316. The largest absolute Gasteiger partial charge is 0.345 e. The van der Waals surface area contributed by atoms with Crippen molar-refractivity contribution in [3.8, 4) is 0 Å². The number of urea groups is 1. The van der Waals surface area contributed by atoms with Crippen molar-refractivity contribution < 1.29 is 18.7 Å². The van der Waals surface area contributed by atoms with E-state index in [9.17, 15) is 9.18 Å². The first-order valence-corrected chi connectivity index (χ1v) is 11.3. The lowest BCUT2D eigenvalue weighted by Gasteiger charge is -2.53. The zero-order valence-electron chi connectivity index (χ0n) is 18.0. The summed E-state index contributed by atoms with van der Waals surface area (Å²) in [6.07, 6.45) is 10.4. The van der Waals surface area contributed by atoms with Gasteiger partial charge in [-0.1, -0.05) is 12.5 Å². The molecule has 1 aromatic rings. The second kappa shape index (κ2) is 8.04. The number of ether oxygens (including phenoxy) is 2. The van der Waals surface area contributed by atoms with E-state index in [1.807, 2.05) is 12.2 Å². The molecule has 2 amide bonds. The predicted octanol–water partition coefficient (Wildman–Crippen LogP) is 4.31. The number of fused-ring (bicyclic) bond motifs is 1. The minimum Gasteiger partial charge on any atom is -0.345 e. The molecular formula is C24H30FN3O3. The first-order valence-electron chi connectivity index (χ1n) is 11.3. The Kier molecular flexibility index (Phi) is 5.36. The van der Waals surface area contributed by atoms with Gasteiger partial charge in [0.2, 0.25) is 0 Å². The lowest BCUT2D eigenvalue weighted by Crippen LogP contribution is -2.58. The van der Waals surface area contributed by atoms with E-state index in [4.69, 9.17) is 9.47 Å². The molecule has 166 valence electrons. The van der Waals surface area contributed by atoms with Crippen molar-refractivity contribution >= 4 is 11.7 Å². The van der Waals surface area contributed by atoms with Crippen molar-refractivity contribution in [3.63, 3.8) is 0 Å². The summed E-state index contributed by atoms with van der Waals surface area (Å²) in [5.74, 6) is -0.834. The summed E-state index contributed by atoms with van der Waals surface area (Å²) in [5.41, 5.74) is 1.89. The van der Waals surface area contributed by atoms with E-state index in [0.29, 0.717) is 18.7 Å². The number of allylic oxidation sites excluding steroid dienone is 1. The Labute approximate surface area is 182 Å². The van der Waals surface area contributed by atoms with Crippen LogP contribution in [0.25, 0.3) is 0 Å². The van der Waals surface area contributed by atoms with Crippen LogP contribution in [0.1, 0.15) is 45.4 Å². The van der Waals surface area contributed by atoms with Gasteiger partial charge in [-0.3, -0.25) is 4.90 Å². The Balaban J connectivity index is 1.18. The van der Waals surface area contributed by atoms with E-state index in [-0.39, 0.29) is 11.8 Å². The average molecular weight is 428 g/mol. The van der Waals surface area contributed by atoms with Gasteiger partial charge in [-0.05, 0) is 55.7 Å². The molecular weight excluding hydrogens is 397 g/mol. The molecule has 1 saturated carbocycles. The van der Waals surface area contributed by atoms with Crippen molar-refractivity contribution in [2.45, 2.75) is 62.9 Å². The maximum absolute atomic E-state index is 13.0. The third kappa shape index (κ3) is 4.27. The Morgan fingerprint density at radius 2 is 1.90 bits per heavy atom. The molecule has 5 rings (SSSR count). The van der Waals surface area contributed by atoms with Crippen LogP contribution in [0.5, 0.6) is 0 Å². The van der Waals surface area contributed by atoms with Crippen LogP contribution >= 0.6 is 0 Å². The van der Waals surface area contributed by atoms with E-state index in [1.54, 1.807) is 0 Å². The molecule has 1 atom stereocenters. The highest BCUT2D eigenvalue weighted by Crippen LogP contribution is 2.44. The molecule has 7 heteroatoms. The maximum atomic E-state index is 13.0. The monoisotopic (exact) mass is 427 g/mol. The molecule has 0 bridgehead atoms. The summed E-state index contributed by atoms with van der Waals surface area (Å²) >= 11 is 0. The minimum absolute atomic E-state index is 0.339. The zero-order valence-corrected chi connectivity index (χ0v) is 18.0. The number of hydrogen-bond donors (Lipinski definition) is 2. The van der Waals surface area contributed by atoms with Crippen LogP contribution in [0.4, 0.5) is 14.9 Å². The quantitative estimate of drug-likeness (QED) is 0.755. The van der Waals surface area contributed by atoms with Gasteiger partial charge in [-0.25, -0.2) is 9.18 Å². The molecule has 0 aromatic heterocycles. The van der Waals surface area contributed by atoms with Crippen LogP contribution in [-0.2, 0) is 9.47 Å². The van der Waals surface area contributed by atoms with Gasteiger partial charge < -0.3 is 20.1 Å². The fraction of sp³-hybridized carbons (Fsp3) is 0.542. The van der Waals surface area contributed by atoms with Crippen LogP contribution < -0.4 is 10.6 Å². The molecule has 6 nitrogen and oxygen atoms in total. The highest BCUT2D eigenvalue weighted by Gasteiger charge is 2.49. The molecule has 31 heavy (non-hydrogen) atoms. The van der Waals surface area contributed by atoms with Gasteiger partial charge in [0.05, 0.1) is 12.2 Å². The van der Waals surface area contributed by atoms with E-state index in [2.05, 4.69) is 22.5 Å². The van der Waals surface area contributed by atoms with Crippen molar-refractivity contribution in [1.29, 1.82) is 0 Å². The summed E-state index contributed by atoms with van der Waals surface area (Å²) in [5, 5.41) is 5.57. The lowest BCUT2D eigenvalue weighted by atomic mass is 9.84. The van der Waals surface area contributed by atoms with Crippen LogP contribution in [0.2, 0.25) is 0 Å². The van der Waals surface area contributed by atoms with Crippen molar-refractivity contribution in [2.24, 2.45) is 0 Å². The van der Waals surface area contributed by atoms with Crippen molar-refractivity contribution in [3.05, 3.63) is 53.5 Å². The van der Waals surface area contributed by atoms with Gasteiger partial charge in [-0.15, -0.1) is 0 Å². The second-order valence-corrected chi connectivity index (χ2v) is 9.27. The maximum Gasteiger partial charge on any atom is 0.323 e. The number of piperidine rings is 1. The summed E-state index contributed by atoms with van der Waals surface area (Å²) in [6, 6.07) is 6.07. The minimum atomic E-state index is -0.495. The van der Waals surface area contributed by atoms with Crippen LogP contribution in [0, 0.1) is 5.82 Å². The van der Waals surface area contributed by atoms with Crippen LogP contribution in [0.15, 0.2) is 47.7 Å². The van der Waals surface area contributed by atoms with E-state index < -0.39 is 11.4 Å². The van der Waals surface area contributed by atoms with Crippen molar-refractivity contribution in [2.75, 3.05) is 25.0 Å². The highest BCUT2D eigenvalue weighted by molar-refractivity contribution is 5.90. The number of rotatable bonds is 3. The Hall–Kier alpha value is -2.22. The number of hydrogen-bond acceptors (Lipinski definition) is 4. The summed E-state index contributed by atoms with van der Waals surface area (Å²) in [4.78, 5) is 14.9. The molecule has 2 heterocycles. The van der Waals surface area contributed by atoms with Crippen LogP contribution in [-0.4, -0.2) is 48.1 Å². The van der Waals surface area contributed by atoms with Gasteiger partial charge >= 0.3 is 6.03 Å². The summed E-state index contributed by atoms with van der Waals surface area (Å²) < 4.78 is 25.9. The Morgan fingerprint density at radius 1 is 1.16 bits per heavy atom. The zero-order chi connectivity index (χ0) is 21.5. The molecule has 4 aliphatic rings. The van der Waals surface area contributed by atoms with E-state index in [0.717, 1.165) is 43.2 Å². The fourth-order valence-electron chi connectivity index (χ4n) is 4.93. The molecule has 2 saturated heterocycles. The molecule has 2 aliphatic carbocycles. The third-order valence-electron chi connectivity index (χ3n) is 7.13. The Morgan fingerprint density at radius 3 is 2.58 bits per heavy atom. The molecule has 0 radical (unpaired) electrons. The number of nitrogens with zero attached hydrogens (tertiary/aromatic N) is 1. The van der Waals surface area contributed by atoms with Gasteiger partial charge in [0.25, 0.3) is 0 Å². The number of benzene rings is 1. The second-order valence-electron chi connectivity index (χ2n) is 9.27. The third-order valence-corrected chi connectivity index (χ3v) is 7.13. The number of amides is 2. The van der Waals surface area contributed by atoms with E-state index >= 15 is 0 Å². The number of halogens is 1.